The minimum Gasteiger partial charge on any atom is -0.472 e. The number of aliphatic hydroxyl groups excluding tert-OH is 1. The second kappa shape index (κ2) is 9.38. The second-order valence-electron chi connectivity index (χ2n) is 11.1. The Hall–Kier alpha value is -3.01. The van der Waals surface area contributed by atoms with E-state index in [0.717, 1.165) is 17.7 Å². The summed E-state index contributed by atoms with van der Waals surface area (Å²) in [5.74, 6) is 0.823. The fraction of sp³-hybridized carbons (Fsp3) is 0.630. The smallest absolute Gasteiger partial charge is 0.274 e. The molecule has 1 N–H and O–H groups in total. The van der Waals surface area contributed by atoms with Gasteiger partial charge in [0.05, 0.1) is 6.10 Å². The van der Waals surface area contributed by atoms with Crippen LogP contribution >= 0.6 is 0 Å². The first-order chi connectivity index (χ1) is 17.8. The van der Waals surface area contributed by atoms with Crippen molar-refractivity contribution >= 4 is 11.8 Å². The van der Waals surface area contributed by atoms with Crippen LogP contribution in [0, 0.1) is 17.7 Å². The number of hydrogen-bond acceptors (Lipinski definition) is 6. The van der Waals surface area contributed by atoms with Gasteiger partial charge in [0.1, 0.15) is 12.6 Å². The molecule has 2 amide bonds. The molecule has 0 bridgehead atoms. The van der Waals surface area contributed by atoms with Crippen molar-refractivity contribution in [3.63, 3.8) is 0 Å². The summed E-state index contributed by atoms with van der Waals surface area (Å²) >= 11 is 0. The number of fused-ring (bicyclic) bond motifs is 3. The Kier molecular flexibility index (Phi) is 6.17. The maximum atomic E-state index is 13.9. The van der Waals surface area contributed by atoms with Gasteiger partial charge in [-0.15, -0.1) is 0 Å². The molecular weight excluding hydrogens is 477 g/mol. The molecule has 0 spiro atoms. The summed E-state index contributed by atoms with van der Waals surface area (Å²) in [5, 5.41) is 14.6. The minimum absolute atomic E-state index is 0.000199. The number of aliphatic hydroxyl groups is 1. The van der Waals surface area contributed by atoms with Crippen molar-refractivity contribution < 1.29 is 23.8 Å². The molecule has 0 radical (unpaired) electrons. The number of ether oxygens (including phenoxy) is 1. The van der Waals surface area contributed by atoms with E-state index in [9.17, 15) is 19.1 Å². The molecule has 1 saturated carbocycles. The summed E-state index contributed by atoms with van der Waals surface area (Å²) in [6.45, 7) is 5.87. The average molecular weight is 512 g/mol. The highest BCUT2D eigenvalue weighted by molar-refractivity contribution is 5.95. The highest BCUT2D eigenvalue weighted by Gasteiger charge is 2.56. The zero-order valence-corrected chi connectivity index (χ0v) is 21.3. The number of halogens is 1. The molecule has 10 heteroatoms. The van der Waals surface area contributed by atoms with Crippen LogP contribution in [0.1, 0.15) is 67.2 Å². The predicted octanol–water partition coefficient (Wildman–Crippen LogP) is 2.38. The van der Waals surface area contributed by atoms with Crippen LogP contribution in [0.4, 0.5) is 4.39 Å². The molecular formula is C27H34FN5O4. The van der Waals surface area contributed by atoms with Crippen molar-refractivity contribution in [3.8, 4) is 5.88 Å². The van der Waals surface area contributed by atoms with E-state index in [0.29, 0.717) is 68.8 Å². The van der Waals surface area contributed by atoms with Gasteiger partial charge < -0.3 is 19.6 Å². The van der Waals surface area contributed by atoms with Gasteiger partial charge in [-0.25, -0.2) is 9.37 Å². The van der Waals surface area contributed by atoms with Crippen LogP contribution < -0.4 is 4.74 Å². The Morgan fingerprint density at radius 1 is 1.19 bits per heavy atom. The summed E-state index contributed by atoms with van der Waals surface area (Å²) in [4.78, 5) is 34.4. The van der Waals surface area contributed by atoms with Crippen molar-refractivity contribution in [1.82, 2.24) is 24.6 Å². The Morgan fingerprint density at radius 2 is 1.97 bits per heavy atom. The molecule has 0 aromatic carbocycles. The molecule has 2 aromatic heterocycles. The third kappa shape index (κ3) is 4.39. The van der Waals surface area contributed by atoms with Crippen molar-refractivity contribution in [2.45, 2.75) is 76.7 Å². The maximum absolute atomic E-state index is 13.9. The van der Waals surface area contributed by atoms with Gasteiger partial charge in [-0.2, -0.15) is 5.10 Å². The minimum atomic E-state index is -0.486. The molecule has 5 atom stereocenters. The van der Waals surface area contributed by atoms with E-state index >= 15 is 0 Å². The largest absolute Gasteiger partial charge is 0.472 e. The lowest BCUT2D eigenvalue weighted by molar-refractivity contribution is -0.136. The van der Waals surface area contributed by atoms with Gasteiger partial charge in [-0.1, -0.05) is 6.92 Å². The molecule has 6 rings (SSSR count). The van der Waals surface area contributed by atoms with Gasteiger partial charge >= 0.3 is 0 Å². The molecule has 4 aliphatic rings. The van der Waals surface area contributed by atoms with E-state index in [1.807, 2.05) is 11.8 Å². The van der Waals surface area contributed by atoms with Crippen LogP contribution in [-0.4, -0.2) is 79.4 Å². The molecule has 2 saturated heterocycles. The van der Waals surface area contributed by atoms with Gasteiger partial charge in [0, 0.05) is 56.0 Å². The Bertz CT molecular complexity index is 1210. The Morgan fingerprint density at radius 3 is 2.70 bits per heavy atom. The Balaban J connectivity index is 1.15. The van der Waals surface area contributed by atoms with E-state index in [1.165, 1.54) is 18.3 Å². The van der Waals surface area contributed by atoms with E-state index in [4.69, 9.17) is 9.84 Å². The molecule has 4 heterocycles. The summed E-state index contributed by atoms with van der Waals surface area (Å²) < 4.78 is 21.5. The lowest BCUT2D eigenvalue weighted by Crippen LogP contribution is -2.48. The van der Waals surface area contributed by atoms with E-state index < -0.39 is 5.82 Å². The van der Waals surface area contributed by atoms with Crippen LogP contribution in [0.2, 0.25) is 0 Å². The monoisotopic (exact) mass is 511 g/mol. The first-order valence-corrected chi connectivity index (χ1v) is 13.4. The number of hydrogen-bond donors (Lipinski definition) is 1. The molecule has 2 aliphatic heterocycles. The van der Waals surface area contributed by atoms with Gasteiger partial charge in [-0.3, -0.25) is 14.3 Å². The van der Waals surface area contributed by atoms with E-state index in [-0.39, 0.29) is 42.5 Å². The highest BCUT2D eigenvalue weighted by Crippen LogP contribution is 2.62. The number of piperidine rings is 2. The number of pyridine rings is 1. The molecule has 2 aromatic rings. The zero-order chi connectivity index (χ0) is 25.8. The molecule has 37 heavy (non-hydrogen) atoms. The molecule has 198 valence electrons. The van der Waals surface area contributed by atoms with Crippen molar-refractivity contribution in [2.75, 3.05) is 19.6 Å². The number of carbonyl (C=O) groups excluding carboxylic acids is 2. The Labute approximate surface area is 215 Å². The average Bonchev–Trinajstić information content (AvgIpc) is 3.18. The van der Waals surface area contributed by atoms with Crippen LogP contribution in [-0.2, 0) is 17.8 Å². The van der Waals surface area contributed by atoms with Gasteiger partial charge in [0.15, 0.2) is 11.5 Å². The number of likely N-dealkylation sites (tertiary alicyclic amines) is 2. The van der Waals surface area contributed by atoms with Gasteiger partial charge in [0.2, 0.25) is 5.91 Å². The molecule has 2 aliphatic carbocycles. The summed E-state index contributed by atoms with van der Waals surface area (Å²) in [6, 6.07) is 2.78. The fourth-order valence-electron chi connectivity index (χ4n) is 6.58. The van der Waals surface area contributed by atoms with Crippen LogP contribution in [0.3, 0.4) is 0 Å². The lowest BCUT2D eigenvalue weighted by Gasteiger charge is -2.37. The fourth-order valence-corrected chi connectivity index (χ4v) is 6.58. The van der Waals surface area contributed by atoms with Crippen LogP contribution in [0.25, 0.3) is 0 Å². The van der Waals surface area contributed by atoms with Crippen molar-refractivity contribution in [2.24, 2.45) is 11.8 Å². The zero-order valence-electron chi connectivity index (χ0n) is 21.3. The maximum Gasteiger partial charge on any atom is 0.274 e. The summed E-state index contributed by atoms with van der Waals surface area (Å²) in [6.07, 6.45) is 4.15. The topological polar surface area (TPSA) is 101 Å². The van der Waals surface area contributed by atoms with Gasteiger partial charge in [0.25, 0.3) is 11.8 Å². The first-order valence-electron chi connectivity index (χ1n) is 13.4. The van der Waals surface area contributed by atoms with Gasteiger partial charge in [-0.05, 0) is 56.1 Å². The number of carbonyl (C=O) groups is 2. The third-order valence-electron chi connectivity index (χ3n) is 8.81. The summed E-state index contributed by atoms with van der Waals surface area (Å²) in [7, 11) is 0. The van der Waals surface area contributed by atoms with E-state index in [1.54, 1.807) is 9.58 Å². The molecule has 3 fully saturated rings. The van der Waals surface area contributed by atoms with E-state index in [2.05, 4.69) is 11.9 Å². The van der Waals surface area contributed by atoms with Crippen LogP contribution in [0.5, 0.6) is 5.88 Å². The van der Waals surface area contributed by atoms with Crippen molar-refractivity contribution in [1.29, 1.82) is 0 Å². The normalized spacial score (nSPS) is 29.1. The highest BCUT2D eigenvalue weighted by atomic mass is 19.1. The number of amides is 2. The quantitative estimate of drug-likeness (QED) is 0.662. The SMILES string of the molecule is C[C@@H]1C2Cc3c(c(C(=O)N4CCC(O)CC4)nn3CC(=O)N3CC[C@@H](Oc4ncccc4F)C[C@H]3C)C21. The lowest BCUT2D eigenvalue weighted by atomic mass is 10.0. The molecule has 2 unspecified atom stereocenters. The second-order valence-corrected chi connectivity index (χ2v) is 11.1. The standard InChI is InChI=1S/C27H34FN5O4/c1-15-12-18(37-26-20(28)4-3-8-29-26)7-11-32(15)22(35)14-33-21-13-19-16(2)23(19)24(21)25(30-33)27(36)31-9-5-17(34)6-10-31/h3-4,8,15-19,23,34H,5-7,9-14H2,1-2H3/t15-,16-,18-,19?,23?/m1/s1. The van der Waals surface area contributed by atoms with Crippen molar-refractivity contribution in [3.05, 3.63) is 41.1 Å². The van der Waals surface area contributed by atoms with Crippen LogP contribution in [0.15, 0.2) is 18.3 Å². The number of rotatable bonds is 5. The first kappa shape index (κ1) is 24.3. The predicted molar refractivity (Wildman–Crippen MR) is 131 cm³/mol. The molecule has 9 nitrogen and oxygen atoms in total. The third-order valence-corrected chi connectivity index (χ3v) is 8.81. The summed E-state index contributed by atoms with van der Waals surface area (Å²) in [5.41, 5.74) is 2.56. The number of aromatic nitrogens is 3. The number of nitrogens with zero attached hydrogens (tertiary/aromatic N) is 5.